The van der Waals surface area contributed by atoms with Gasteiger partial charge < -0.3 is 28.8 Å². The lowest BCUT2D eigenvalue weighted by atomic mass is 9.99. The van der Waals surface area contributed by atoms with Gasteiger partial charge >= 0.3 is 0 Å². The first-order valence-corrected chi connectivity index (χ1v) is 10.9. The predicted octanol–water partition coefficient (Wildman–Crippen LogP) is 0.389. The number of quaternary nitrogens is 1. The maximum absolute atomic E-state index is 13.4. The van der Waals surface area contributed by atoms with E-state index in [1.54, 1.807) is 25.1 Å². The molecule has 0 spiro atoms. The predicted molar refractivity (Wildman–Crippen MR) is 114 cm³/mol. The number of carbonyl (C=O) groups excluding carboxylic acids is 2. The Morgan fingerprint density at radius 1 is 1.25 bits per heavy atom. The smallest absolute Gasteiger partial charge is 0.295 e. The fraction of sp³-hybridized carbons (Fsp3) is 0.391. The summed E-state index contributed by atoms with van der Waals surface area (Å²) >= 11 is 6.19. The number of hydrogen-bond acceptors (Lipinski definition) is 6. The number of furan rings is 1. The molecule has 2 saturated heterocycles. The summed E-state index contributed by atoms with van der Waals surface area (Å²) in [6, 6.07) is 7.11. The lowest BCUT2D eigenvalue weighted by Gasteiger charge is -2.29. The van der Waals surface area contributed by atoms with Gasteiger partial charge in [0.25, 0.3) is 5.91 Å². The van der Waals surface area contributed by atoms with Crippen molar-refractivity contribution in [3.8, 4) is 5.75 Å². The largest absolute Gasteiger partial charge is 0.872 e. The molecule has 0 radical (unpaired) electrons. The van der Waals surface area contributed by atoms with Crippen molar-refractivity contribution < 1.29 is 33.5 Å². The Morgan fingerprint density at radius 3 is 2.62 bits per heavy atom. The standard InChI is InChI=1S/C23H25ClN2O6/c1-14-3-5-18(32-14)20-19(21(27)15-4-6-17(30-2)16(24)13-15)22(28)23(29)26(20)8-7-25-9-11-31-12-10-25/h3-6,13,20,27H,7-12H2,1-2H3/b21-19+. The van der Waals surface area contributed by atoms with Crippen molar-refractivity contribution in [1.82, 2.24) is 4.90 Å². The number of ether oxygens (including phenoxy) is 2. The SMILES string of the molecule is COc1ccc(/C([O-])=C2\C(=O)C(=O)N(CC[NH+]3CCOCC3)C2c2ccc(C)o2)cc1Cl. The van der Waals surface area contributed by atoms with Gasteiger partial charge in [-0.2, -0.15) is 0 Å². The fourth-order valence-electron chi connectivity index (χ4n) is 4.15. The fourth-order valence-corrected chi connectivity index (χ4v) is 4.41. The number of nitrogens with zero attached hydrogens (tertiary/aromatic N) is 1. The van der Waals surface area contributed by atoms with Gasteiger partial charge in [-0.3, -0.25) is 9.59 Å². The van der Waals surface area contributed by atoms with Gasteiger partial charge in [-0.15, -0.1) is 0 Å². The van der Waals surface area contributed by atoms with Crippen molar-refractivity contribution >= 4 is 29.1 Å². The molecule has 2 fully saturated rings. The molecule has 1 amide bonds. The van der Waals surface area contributed by atoms with Crippen LogP contribution in [0, 0.1) is 6.92 Å². The monoisotopic (exact) mass is 460 g/mol. The minimum Gasteiger partial charge on any atom is -0.872 e. The van der Waals surface area contributed by atoms with Crippen LogP contribution in [-0.4, -0.2) is 63.1 Å². The first-order chi connectivity index (χ1) is 15.4. The van der Waals surface area contributed by atoms with Crippen molar-refractivity contribution in [3.63, 3.8) is 0 Å². The third kappa shape index (κ3) is 4.26. The number of aryl methyl sites for hydroxylation is 1. The molecular weight excluding hydrogens is 436 g/mol. The van der Waals surface area contributed by atoms with E-state index < -0.39 is 23.5 Å². The van der Waals surface area contributed by atoms with Crippen LogP contribution in [0.1, 0.15) is 23.1 Å². The van der Waals surface area contributed by atoms with Gasteiger partial charge in [0.1, 0.15) is 36.4 Å². The molecule has 8 nitrogen and oxygen atoms in total. The van der Waals surface area contributed by atoms with Crippen LogP contribution in [0.5, 0.6) is 5.75 Å². The average molecular weight is 461 g/mol. The zero-order valence-corrected chi connectivity index (χ0v) is 18.7. The minimum atomic E-state index is -0.877. The lowest BCUT2D eigenvalue weighted by molar-refractivity contribution is -0.907. The quantitative estimate of drug-likeness (QED) is 0.380. The van der Waals surface area contributed by atoms with E-state index in [0.717, 1.165) is 13.1 Å². The normalized spacial score (nSPS) is 21.3. The van der Waals surface area contributed by atoms with Crippen molar-refractivity contribution in [3.05, 3.63) is 58.0 Å². The minimum absolute atomic E-state index is 0.123. The number of likely N-dealkylation sites (tertiary alicyclic amines) is 1. The second-order valence-corrected chi connectivity index (χ2v) is 8.29. The zero-order chi connectivity index (χ0) is 22.8. The van der Waals surface area contributed by atoms with Crippen LogP contribution in [-0.2, 0) is 14.3 Å². The highest BCUT2D eigenvalue weighted by Gasteiger charge is 2.46. The Hall–Kier alpha value is -2.81. The molecular formula is C23H25ClN2O6. The van der Waals surface area contributed by atoms with Crippen LogP contribution < -0.4 is 14.7 Å². The van der Waals surface area contributed by atoms with E-state index in [1.807, 2.05) is 0 Å². The third-order valence-corrected chi connectivity index (χ3v) is 6.18. The van der Waals surface area contributed by atoms with Crippen LogP contribution in [0.3, 0.4) is 0 Å². The lowest BCUT2D eigenvalue weighted by Crippen LogP contribution is -3.14. The molecule has 2 aliphatic heterocycles. The molecule has 0 bridgehead atoms. The maximum atomic E-state index is 13.4. The topological polar surface area (TPSA) is 96.5 Å². The average Bonchev–Trinajstić information content (AvgIpc) is 3.33. The number of amides is 1. The molecule has 1 N–H and O–H groups in total. The molecule has 4 rings (SSSR count). The van der Waals surface area contributed by atoms with Crippen LogP contribution in [0.15, 0.2) is 40.3 Å². The Kier molecular flexibility index (Phi) is 6.55. The van der Waals surface area contributed by atoms with E-state index in [-0.39, 0.29) is 16.2 Å². The van der Waals surface area contributed by atoms with E-state index in [1.165, 1.54) is 29.0 Å². The van der Waals surface area contributed by atoms with Gasteiger partial charge in [-0.25, -0.2) is 0 Å². The van der Waals surface area contributed by atoms with Crippen molar-refractivity contribution in [2.75, 3.05) is 46.5 Å². The van der Waals surface area contributed by atoms with Crippen molar-refractivity contribution in [2.45, 2.75) is 13.0 Å². The molecule has 2 aromatic rings. The van der Waals surface area contributed by atoms with E-state index in [2.05, 4.69) is 0 Å². The molecule has 32 heavy (non-hydrogen) atoms. The first-order valence-electron chi connectivity index (χ1n) is 10.5. The molecule has 3 heterocycles. The van der Waals surface area contributed by atoms with Crippen molar-refractivity contribution in [2.24, 2.45) is 0 Å². The Bertz CT molecular complexity index is 1060. The highest BCUT2D eigenvalue weighted by Crippen LogP contribution is 2.39. The second kappa shape index (κ2) is 9.36. The van der Waals surface area contributed by atoms with E-state index in [9.17, 15) is 14.7 Å². The first kappa shape index (κ1) is 22.4. The summed E-state index contributed by atoms with van der Waals surface area (Å²) in [4.78, 5) is 28.7. The highest BCUT2D eigenvalue weighted by molar-refractivity contribution is 6.46. The highest BCUT2D eigenvalue weighted by atomic mass is 35.5. The van der Waals surface area contributed by atoms with Gasteiger partial charge in [0, 0.05) is 5.57 Å². The number of rotatable bonds is 6. The van der Waals surface area contributed by atoms with Crippen LogP contribution in [0.2, 0.25) is 5.02 Å². The van der Waals surface area contributed by atoms with Crippen LogP contribution in [0.4, 0.5) is 0 Å². The molecule has 0 aliphatic carbocycles. The summed E-state index contributed by atoms with van der Waals surface area (Å²) in [5.41, 5.74) is 0.0865. The van der Waals surface area contributed by atoms with Gasteiger partial charge in [0.15, 0.2) is 0 Å². The number of halogens is 1. The number of nitrogens with one attached hydrogen (secondary N) is 1. The second-order valence-electron chi connectivity index (χ2n) is 7.88. The van der Waals surface area contributed by atoms with E-state index in [4.69, 9.17) is 25.5 Å². The molecule has 9 heteroatoms. The summed E-state index contributed by atoms with van der Waals surface area (Å²) < 4.78 is 16.3. The zero-order valence-electron chi connectivity index (χ0n) is 18.0. The molecule has 170 valence electrons. The van der Waals surface area contributed by atoms with E-state index >= 15 is 0 Å². The van der Waals surface area contributed by atoms with Gasteiger partial charge in [-0.1, -0.05) is 23.4 Å². The number of hydrogen-bond donors (Lipinski definition) is 1. The molecule has 1 unspecified atom stereocenters. The molecule has 1 aromatic heterocycles. The Labute approximate surface area is 190 Å². The summed E-state index contributed by atoms with van der Waals surface area (Å²) in [6.07, 6.45) is 0. The number of Topliss-reactive ketones (excluding diaryl/α,β-unsaturated/α-hetero) is 1. The van der Waals surface area contributed by atoms with Gasteiger partial charge in [0.2, 0.25) is 5.78 Å². The number of morpholine rings is 1. The number of benzene rings is 1. The molecule has 0 saturated carbocycles. The number of carbonyl (C=O) groups is 2. The summed E-state index contributed by atoms with van der Waals surface area (Å²) in [5.74, 6) is -0.618. The summed E-state index contributed by atoms with van der Waals surface area (Å²) in [7, 11) is 1.47. The molecule has 1 atom stereocenters. The number of ketones is 1. The molecule has 2 aliphatic rings. The van der Waals surface area contributed by atoms with Crippen molar-refractivity contribution in [1.29, 1.82) is 0 Å². The van der Waals surface area contributed by atoms with Gasteiger partial charge in [0.05, 0.1) is 38.4 Å². The number of methoxy groups -OCH3 is 1. The van der Waals surface area contributed by atoms with Crippen LogP contribution in [0.25, 0.3) is 5.76 Å². The molecule has 1 aromatic carbocycles. The summed E-state index contributed by atoms with van der Waals surface area (Å²) in [6.45, 7) is 5.74. The third-order valence-electron chi connectivity index (χ3n) is 5.88. The van der Waals surface area contributed by atoms with Gasteiger partial charge in [-0.05, 0) is 36.8 Å². The Morgan fingerprint density at radius 2 is 2.00 bits per heavy atom. The van der Waals surface area contributed by atoms with Crippen LogP contribution >= 0.6 is 11.6 Å². The Balaban J connectivity index is 1.72. The van der Waals surface area contributed by atoms with E-state index in [0.29, 0.717) is 43.6 Å². The maximum Gasteiger partial charge on any atom is 0.295 e. The summed E-state index contributed by atoms with van der Waals surface area (Å²) in [5, 5.41) is 13.6.